The maximum absolute atomic E-state index is 9.96. The van der Waals surface area contributed by atoms with Crippen LogP contribution in [0.4, 0.5) is 0 Å². The summed E-state index contributed by atoms with van der Waals surface area (Å²) < 4.78 is 8.37. The van der Waals surface area contributed by atoms with Gasteiger partial charge in [0.1, 0.15) is 0 Å². The molecule has 0 aliphatic rings. The van der Waals surface area contributed by atoms with Gasteiger partial charge in [0.05, 0.1) is 14.2 Å². The van der Waals surface area contributed by atoms with Gasteiger partial charge in [-0.25, -0.2) is 0 Å². The highest BCUT2D eigenvalue weighted by Crippen LogP contribution is 1.76. The predicted octanol–water partition coefficient (Wildman–Crippen LogP) is 3.19. The predicted molar refractivity (Wildman–Crippen MR) is 67.3 cm³/mol. The van der Waals surface area contributed by atoms with Gasteiger partial charge in [-0.2, -0.15) is 0 Å². The summed E-state index contributed by atoms with van der Waals surface area (Å²) in [6.45, 7) is 11.4. The lowest BCUT2D eigenvalue weighted by Crippen LogP contribution is -1.94. The fourth-order valence-corrected chi connectivity index (χ4v) is 0.144. The Morgan fingerprint density at radius 3 is 1.19 bits per heavy atom. The maximum Gasteiger partial charge on any atom is 0.305 e. The minimum atomic E-state index is -0.245. The number of ether oxygens (including phenoxy) is 2. The zero-order valence-corrected chi connectivity index (χ0v) is 12.0. The van der Waals surface area contributed by atoms with Crippen LogP contribution in [0.25, 0.3) is 0 Å². The van der Waals surface area contributed by atoms with Gasteiger partial charge in [-0.1, -0.05) is 41.0 Å². The number of carbonyl (C=O) groups is 2. The van der Waals surface area contributed by atoms with Crippen molar-refractivity contribution in [2.75, 3.05) is 14.2 Å². The molecule has 16 heavy (non-hydrogen) atoms. The number of rotatable bonds is 1. The van der Waals surface area contributed by atoms with E-state index in [-0.39, 0.29) is 11.9 Å². The van der Waals surface area contributed by atoms with E-state index in [0.29, 0.717) is 6.42 Å². The zero-order valence-electron chi connectivity index (χ0n) is 12.0. The quantitative estimate of drug-likeness (QED) is 0.656. The van der Waals surface area contributed by atoms with E-state index in [1.165, 1.54) is 27.6 Å². The summed E-state index contributed by atoms with van der Waals surface area (Å²) in [6.07, 6.45) is 1.72. The average molecular weight is 236 g/mol. The molecule has 0 radical (unpaired) electrons. The fraction of sp³-hybridized carbons (Fsp3) is 0.833. The van der Waals surface area contributed by atoms with Crippen LogP contribution in [0.2, 0.25) is 0 Å². The Morgan fingerprint density at radius 1 is 0.938 bits per heavy atom. The molecular formula is C12H28O4. The summed E-state index contributed by atoms with van der Waals surface area (Å²) in [5.41, 5.74) is 0. The van der Waals surface area contributed by atoms with Gasteiger partial charge in [0.2, 0.25) is 0 Å². The summed E-state index contributed by atoms with van der Waals surface area (Å²) in [4.78, 5) is 19.5. The maximum atomic E-state index is 9.96. The second-order valence-corrected chi connectivity index (χ2v) is 2.33. The highest BCUT2D eigenvalue weighted by molar-refractivity contribution is 5.68. The molecule has 0 bridgehead atoms. The molecule has 0 amide bonds. The van der Waals surface area contributed by atoms with Gasteiger partial charge in [0.15, 0.2) is 0 Å². The molecule has 0 rings (SSSR count). The van der Waals surface area contributed by atoms with Crippen molar-refractivity contribution in [3.8, 4) is 0 Å². The van der Waals surface area contributed by atoms with Crippen molar-refractivity contribution in [2.45, 2.75) is 54.4 Å². The number of carbonyl (C=O) groups excluding carboxylic acids is 2. The Labute approximate surface area is 100 Å². The molecule has 0 spiro atoms. The minimum Gasteiger partial charge on any atom is -0.469 e. The molecule has 0 aromatic heterocycles. The van der Waals surface area contributed by atoms with E-state index in [0.717, 1.165) is 0 Å². The molecule has 0 saturated heterocycles. The van der Waals surface area contributed by atoms with E-state index in [1.54, 1.807) is 6.92 Å². The number of esters is 2. The van der Waals surface area contributed by atoms with Crippen LogP contribution in [0.3, 0.4) is 0 Å². The molecule has 0 N–H and O–H groups in total. The van der Waals surface area contributed by atoms with E-state index in [4.69, 9.17) is 0 Å². The van der Waals surface area contributed by atoms with Gasteiger partial charge < -0.3 is 9.47 Å². The van der Waals surface area contributed by atoms with Crippen molar-refractivity contribution in [1.82, 2.24) is 0 Å². The highest BCUT2D eigenvalue weighted by atomic mass is 16.5. The summed E-state index contributed by atoms with van der Waals surface area (Å²) >= 11 is 0. The fourth-order valence-electron chi connectivity index (χ4n) is 0.144. The van der Waals surface area contributed by atoms with Gasteiger partial charge >= 0.3 is 11.9 Å². The average Bonchev–Trinajstić information content (AvgIpc) is 2.32. The van der Waals surface area contributed by atoms with Crippen molar-refractivity contribution in [3.05, 3.63) is 0 Å². The van der Waals surface area contributed by atoms with E-state index < -0.39 is 0 Å². The first-order valence-corrected chi connectivity index (χ1v) is 5.61. The first-order chi connectivity index (χ1) is 7.49. The molecule has 100 valence electrons. The van der Waals surface area contributed by atoms with Crippen LogP contribution in [0.1, 0.15) is 54.4 Å². The molecule has 4 nitrogen and oxygen atoms in total. The lowest BCUT2D eigenvalue weighted by atomic mass is 10.5. The van der Waals surface area contributed by atoms with Gasteiger partial charge in [-0.3, -0.25) is 9.59 Å². The molecule has 0 fully saturated rings. The lowest BCUT2D eigenvalue weighted by molar-refractivity contribution is -0.140. The van der Waals surface area contributed by atoms with Crippen molar-refractivity contribution in [1.29, 1.82) is 0 Å². The van der Waals surface area contributed by atoms with Gasteiger partial charge in [0.25, 0.3) is 0 Å². The molecule has 0 aromatic rings. The smallest absolute Gasteiger partial charge is 0.305 e. The number of hydrogen-bond donors (Lipinski definition) is 0. The Hall–Kier alpha value is -1.06. The van der Waals surface area contributed by atoms with Crippen LogP contribution in [-0.4, -0.2) is 26.2 Å². The molecule has 0 heterocycles. The molecule has 0 aliphatic heterocycles. The van der Waals surface area contributed by atoms with Crippen LogP contribution < -0.4 is 0 Å². The van der Waals surface area contributed by atoms with E-state index in [9.17, 15) is 9.59 Å². The SMILES string of the molecule is CC.CCC.CCC(=O)OC.COC(C)=O. The topological polar surface area (TPSA) is 52.6 Å². The van der Waals surface area contributed by atoms with E-state index >= 15 is 0 Å². The number of methoxy groups -OCH3 is 2. The standard InChI is InChI=1S/C4H8O2.C3H6O2.C3H8.C2H6/c1-3-4(5)6-2;1-3(4)5-2;1-3-2;1-2/h3H2,1-2H3;1-2H3;3H2,1-2H3;1-2H3. The molecule has 0 aromatic carbocycles. The summed E-state index contributed by atoms with van der Waals surface area (Å²) in [5.74, 6) is -0.403. The summed E-state index contributed by atoms with van der Waals surface area (Å²) in [6, 6.07) is 0. The third kappa shape index (κ3) is 75.6. The second-order valence-electron chi connectivity index (χ2n) is 2.33. The van der Waals surface area contributed by atoms with Gasteiger partial charge in [-0.05, 0) is 0 Å². The number of hydrogen-bond acceptors (Lipinski definition) is 4. The Balaban J connectivity index is -0.0000000653. The van der Waals surface area contributed by atoms with Gasteiger partial charge in [0, 0.05) is 13.3 Å². The Bertz CT molecular complexity index is 127. The largest absolute Gasteiger partial charge is 0.469 e. The van der Waals surface area contributed by atoms with Crippen molar-refractivity contribution in [3.63, 3.8) is 0 Å². The monoisotopic (exact) mass is 236 g/mol. The van der Waals surface area contributed by atoms with Crippen molar-refractivity contribution >= 4 is 11.9 Å². The lowest BCUT2D eigenvalue weighted by Gasteiger charge is -1.87. The van der Waals surface area contributed by atoms with Gasteiger partial charge in [-0.15, -0.1) is 0 Å². The zero-order chi connectivity index (χ0) is 14.0. The third-order valence-corrected chi connectivity index (χ3v) is 0.804. The van der Waals surface area contributed by atoms with Crippen LogP contribution in [0, 0.1) is 0 Å². The Morgan fingerprint density at radius 2 is 1.19 bits per heavy atom. The molecule has 0 aliphatic carbocycles. The minimum absolute atomic E-state index is 0.157. The highest BCUT2D eigenvalue weighted by Gasteiger charge is 1.87. The van der Waals surface area contributed by atoms with E-state index in [1.807, 2.05) is 13.8 Å². The van der Waals surface area contributed by atoms with Crippen LogP contribution in [-0.2, 0) is 19.1 Å². The molecular weight excluding hydrogens is 208 g/mol. The van der Waals surface area contributed by atoms with Crippen LogP contribution in [0.15, 0.2) is 0 Å². The summed E-state index contributed by atoms with van der Waals surface area (Å²) in [5, 5.41) is 0. The van der Waals surface area contributed by atoms with Crippen molar-refractivity contribution < 1.29 is 19.1 Å². The van der Waals surface area contributed by atoms with E-state index in [2.05, 4.69) is 23.3 Å². The molecule has 0 atom stereocenters. The second kappa shape index (κ2) is 29.2. The first kappa shape index (κ1) is 24.3. The van der Waals surface area contributed by atoms with Crippen LogP contribution >= 0.6 is 0 Å². The Kier molecular flexibility index (Phi) is 44.3. The third-order valence-electron chi connectivity index (χ3n) is 0.804. The first-order valence-electron chi connectivity index (χ1n) is 5.61. The normalized spacial score (nSPS) is 6.50. The van der Waals surface area contributed by atoms with Crippen LogP contribution in [0.5, 0.6) is 0 Å². The molecule has 0 saturated carbocycles. The molecule has 4 heteroatoms. The van der Waals surface area contributed by atoms with Crippen molar-refractivity contribution in [2.24, 2.45) is 0 Å². The molecule has 0 unspecified atom stereocenters. The summed E-state index contributed by atoms with van der Waals surface area (Å²) in [7, 11) is 2.73.